The van der Waals surface area contributed by atoms with E-state index in [0.717, 1.165) is 51.4 Å². The number of nitrogens with zero attached hydrogens (tertiary/aromatic N) is 2. The van der Waals surface area contributed by atoms with Crippen LogP contribution in [0.1, 0.15) is 6.42 Å². The molecule has 0 bridgehead atoms. The third kappa shape index (κ3) is 5.73. The summed E-state index contributed by atoms with van der Waals surface area (Å²) in [6.07, 6.45) is 1.10. The van der Waals surface area contributed by atoms with Gasteiger partial charge in [-0.1, -0.05) is 36.4 Å². The van der Waals surface area contributed by atoms with E-state index in [2.05, 4.69) is 50.8 Å². The Morgan fingerprint density at radius 3 is 2.20 bits per heavy atom. The molecule has 1 fully saturated rings. The maximum absolute atomic E-state index is 5.33. The number of anilines is 2. The first-order valence-corrected chi connectivity index (χ1v) is 9.34. The number of piperazine rings is 1. The first-order valence-electron chi connectivity index (χ1n) is 8.93. The summed E-state index contributed by atoms with van der Waals surface area (Å²) in [5.41, 5.74) is 2.36. The molecule has 0 spiro atoms. The van der Waals surface area contributed by atoms with E-state index in [4.69, 9.17) is 12.2 Å². The van der Waals surface area contributed by atoms with Gasteiger partial charge in [-0.15, -0.1) is 0 Å². The molecule has 0 aromatic heterocycles. The highest BCUT2D eigenvalue weighted by atomic mass is 32.1. The van der Waals surface area contributed by atoms with Crippen molar-refractivity contribution in [2.75, 3.05) is 49.5 Å². The predicted octanol–water partition coefficient (Wildman–Crippen LogP) is 3.19. The van der Waals surface area contributed by atoms with E-state index >= 15 is 0 Å². The van der Waals surface area contributed by atoms with Crippen molar-refractivity contribution < 1.29 is 0 Å². The standard InChI is InChI=1S/C20H26N4S/c25-20(22-18-8-3-1-4-9-18)21-12-7-13-23-14-16-24(17-15-23)19-10-5-2-6-11-19/h1-6,8-11H,7,12-17H2,(H2,21,22,25). The lowest BCUT2D eigenvalue weighted by Crippen LogP contribution is -2.47. The summed E-state index contributed by atoms with van der Waals surface area (Å²) in [5, 5.41) is 7.19. The Labute approximate surface area is 155 Å². The minimum Gasteiger partial charge on any atom is -0.369 e. The van der Waals surface area contributed by atoms with Gasteiger partial charge in [0.05, 0.1) is 0 Å². The van der Waals surface area contributed by atoms with Crippen molar-refractivity contribution in [3.63, 3.8) is 0 Å². The van der Waals surface area contributed by atoms with Crippen LogP contribution in [-0.2, 0) is 0 Å². The van der Waals surface area contributed by atoms with E-state index in [1.54, 1.807) is 0 Å². The molecule has 2 N–H and O–H groups in total. The number of nitrogens with one attached hydrogen (secondary N) is 2. The monoisotopic (exact) mass is 354 g/mol. The SMILES string of the molecule is S=C(NCCCN1CCN(c2ccccc2)CC1)Nc1ccccc1. The molecular weight excluding hydrogens is 328 g/mol. The predicted molar refractivity (Wildman–Crippen MR) is 110 cm³/mol. The van der Waals surface area contributed by atoms with Gasteiger partial charge in [-0.2, -0.15) is 0 Å². The van der Waals surface area contributed by atoms with Crippen molar-refractivity contribution in [1.29, 1.82) is 0 Å². The molecule has 1 aliphatic heterocycles. The molecule has 0 aliphatic carbocycles. The fraction of sp³-hybridized carbons (Fsp3) is 0.350. The van der Waals surface area contributed by atoms with E-state index in [0.29, 0.717) is 5.11 Å². The van der Waals surface area contributed by atoms with Crippen molar-refractivity contribution >= 4 is 28.7 Å². The van der Waals surface area contributed by atoms with Gasteiger partial charge in [-0.25, -0.2) is 0 Å². The van der Waals surface area contributed by atoms with Crippen LogP contribution in [-0.4, -0.2) is 49.3 Å². The summed E-state index contributed by atoms with van der Waals surface area (Å²) in [6.45, 7) is 6.47. The normalized spacial score (nSPS) is 15.0. The maximum atomic E-state index is 5.33. The van der Waals surface area contributed by atoms with Gasteiger partial charge in [0.15, 0.2) is 5.11 Å². The molecular formula is C20H26N4S. The van der Waals surface area contributed by atoms with Crippen LogP contribution in [0.4, 0.5) is 11.4 Å². The molecule has 132 valence electrons. The Hall–Kier alpha value is -2.11. The van der Waals surface area contributed by atoms with Gasteiger partial charge in [0.2, 0.25) is 0 Å². The zero-order valence-electron chi connectivity index (χ0n) is 14.5. The van der Waals surface area contributed by atoms with E-state index < -0.39 is 0 Å². The number of para-hydroxylation sites is 2. The molecule has 0 saturated carbocycles. The van der Waals surface area contributed by atoms with E-state index in [1.165, 1.54) is 5.69 Å². The lowest BCUT2D eigenvalue weighted by atomic mass is 10.2. The van der Waals surface area contributed by atoms with Crippen molar-refractivity contribution in [2.45, 2.75) is 6.42 Å². The summed E-state index contributed by atoms with van der Waals surface area (Å²) < 4.78 is 0. The van der Waals surface area contributed by atoms with E-state index in [1.807, 2.05) is 30.3 Å². The third-order valence-electron chi connectivity index (χ3n) is 4.46. The van der Waals surface area contributed by atoms with Crippen LogP contribution in [0.2, 0.25) is 0 Å². The van der Waals surface area contributed by atoms with Gasteiger partial charge in [0.25, 0.3) is 0 Å². The second kappa shape index (κ2) is 9.39. The van der Waals surface area contributed by atoms with Crippen LogP contribution in [0, 0.1) is 0 Å². The molecule has 1 saturated heterocycles. The van der Waals surface area contributed by atoms with Crippen molar-refractivity contribution in [3.05, 3.63) is 60.7 Å². The van der Waals surface area contributed by atoms with Crippen LogP contribution in [0.15, 0.2) is 60.7 Å². The molecule has 0 atom stereocenters. The zero-order valence-corrected chi connectivity index (χ0v) is 15.3. The number of hydrogen-bond acceptors (Lipinski definition) is 3. The van der Waals surface area contributed by atoms with Gasteiger partial charge in [-0.05, 0) is 49.4 Å². The second-order valence-electron chi connectivity index (χ2n) is 6.26. The average molecular weight is 355 g/mol. The number of thiocarbonyl (C=S) groups is 1. The number of benzene rings is 2. The molecule has 0 unspecified atom stereocenters. The van der Waals surface area contributed by atoms with Crippen LogP contribution < -0.4 is 15.5 Å². The molecule has 3 rings (SSSR count). The maximum Gasteiger partial charge on any atom is 0.170 e. The Morgan fingerprint density at radius 1 is 0.880 bits per heavy atom. The summed E-state index contributed by atoms with van der Waals surface area (Å²) in [6, 6.07) is 20.7. The van der Waals surface area contributed by atoms with Crippen LogP contribution in [0.3, 0.4) is 0 Å². The van der Waals surface area contributed by atoms with Gasteiger partial charge >= 0.3 is 0 Å². The van der Waals surface area contributed by atoms with Crippen molar-refractivity contribution in [2.24, 2.45) is 0 Å². The molecule has 2 aromatic carbocycles. The zero-order chi connectivity index (χ0) is 17.3. The van der Waals surface area contributed by atoms with E-state index in [-0.39, 0.29) is 0 Å². The first-order chi connectivity index (χ1) is 12.3. The van der Waals surface area contributed by atoms with Gasteiger partial charge in [-0.3, -0.25) is 4.90 Å². The van der Waals surface area contributed by atoms with Crippen molar-refractivity contribution in [1.82, 2.24) is 10.2 Å². The summed E-state index contributed by atoms with van der Waals surface area (Å²) >= 11 is 5.33. The Kier molecular flexibility index (Phi) is 6.65. The Bertz CT molecular complexity index is 639. The van der Waals surface area contributed by atoms with Crippen LogP contribution in [0.25, 0.3) is 0 Å². The molecule has 4 nitrogen and oxygen atoms in total. The molecule has 2 aromatic rings. The molecule has 25 heavy (non-hydrogen) atoms. The molecule has 0 amide bonds. The Balaban J connectivity index is 1.29. The van der Waals surface area contributed by atoms with E-state index in [9.17, 15) is 0 Å². The molecule has 0 radical (unpaired) electrons. The second-order valence-corrected chi connectivity index (χ2v) is 6.67. The highest BCUT2D eigenvalue weighted by Gasteiger charge is 2.16. The summed E-state index contributed by atoms with van der Waals surface area (Å²) in [7, 11) is 0. The van der Waals surface area contributed by atoms with Crippen LogP contribution >= 0.6 is 12.2 Å². The lowest BCUT2D eigenvalue weighted by molar-refractivity contribution is 0.255. The molecule has 5 heteroatoms. The minimum absolute atomic E-state index is 0.695. The number of hydrogen-bond donors (Lipinski definition) is 2. The average Bonchev–Trinajstić information content (AvgIpc) is 2.67. The Morgan fingerprint density at radius 2 is 1.52 bits per heavy atom. The fourth-order valence-electron chi connectivity index (χ4n) is 3.07. The quantitative estimate of drug-likeness (QED) is 0.615. The third-order valence-corrected chi connectivity index (χ3v) is 4.71. The topological polar surface area (TPSA) is 30.5 Å². The molecule has 1 aliphatic rings. The minimum atomic E-state index is 0.695. The largest absolute Gasteiger partial charge is 0.369 e. The smallest absolute Gasteiger partial charge is 0.170 e. The molecule has 1 heterocycles. The van der Waals surface area contributed by atoms with Crippen LogP contribution in [0.5, 0.6) is 0 Å². The van der Waals surface area contributed by atoms with Gasteiger partial charge < -0.3 is 15.5 Å². The first kappa shape index (κ1) is 17.7. The van der Waals surface area contributed by atoms with Crippen molar-refractivity contribution in [3.8, 4) is 0 Å². The highest BCUT2D eigenvalue weighted by molar-refractivity contribution is 7.80. The summed E-state index contributed by atoms with van der Waals surface area (Å²) in [4.78, 5) is 5.00. The lowest BCUT2D eigenvalue weighted by Gasteiger charge is -2.36. The van der Waals surface area contributed by atoms with Gasteiger partial charge in [0, 0.05) is 44.1 Å². The summed E-state index contributed by atoms with van der Waals surface area (Å²) in [5.74, 6) is 0. The fourth-order valence-corrected chi connectivity index (χ4v) is 3.29. The van der Waals surface area contributed by atoms with Gasteiger partial charge in [0.1, 0.15) is 0 Å². The highest BCUT2D eigenvalue weighted by Crippen LogP contribution is 2.15. The number of rotatable bonds is 6.